The second kappa shape index (κ2) is 16.0. The molecule has 0 fully saturated rings. The third-order valence-corrected chi connectivity index (χ3v) is 9.83. The maximum Gasteiger partial charge on any atom is 0.255 e. The molecule has 2 amide bonds. The number of benzene rings is 6. The molecule has 1 aliphatic carbocycles. The summed E-state index contributed by atoms with van der Waals surface area (Å²) in [6, 6.07) is 48.0. The molecule has 2 N–H and O–H groups in total. The highest BCUT2D eigenvalue weighted by Crippen LogP contribution is 2.56. The van der Waals surface area contributed by atoms with Crippen LogP contribution in [-0.2, 0) is 5.41 Å². The fourth-order valence-electron chi connectivity index (χ4n) is 7.16. The van der Waals surface area contributed by atoms with E-state index in [4.69, 9.17) is 9.47 Å². The summed E-state index contributed by atoms with van der Waals surface area (Å²) in [5.74, 6) is 0.986. The van der Waals surface area contributed by atoms with Crippen LogP contribution in [0.15, 0.2) is 146 Å². The summed E-state index contributed by atoms with van der Waals surface area (Å²) in [6.45, 7) is 5.49. The van der Waals surface area contributed by atoms with Crippen molar-refractivity contribution in [1.82, 2.24) is 0 Å². The molecular weight excluding hydrogens is 657 g/mol. The van der Waals surface area contributed by atoms with Crippen molar-refractivity contribution in [2.45, 2.75) is 44.9 Å². The highest BCUT2D eigenvalue weighted by Gasteiger charge is 2.45. The van der Waals surface area contributed by atoms with Gasteiger partial charge in [-0.3, -0.25) is 9.59 Å². The van der Waals surface area contributed by atoms with Crippen LogP contribution >= 0.6 is 0 Å². The number of hydrogen-bond donors (Lipinski definition) is 2. The van der Waals surface area contributed by atoms with Crippen LogP contribution in [0.5, 0.6) is 11.5 Å². The van der Waals surface area contributed by atoms with Gasteiger partial charge in [0.2, 0.25) is 0 Å². The number of nitrogens with one attached hydrogen (secondary N) is 2. The largest absolute Gasteiger partial charge is 0.494 e. The molecular formula is C47H44N2O4. The summed E-state index contributed by atoms with van der Waals surface area (Å²) < 4.78 is 11.7. The van der Waals surface area contributed by atoms with Gasteiger partial charge in [0.05, 0.1) is 18.6 Å². The molecule has 0 radical (unpaired) electrons. The molecule has 0 saturated carbocycles. The van der Waals surface area contributed by atoms with Crippen LogP contribution in [0.4, 0.5) is 11.4 Å². The van der Waals surface area contributed by atoms with E-state index in [1.54, 1.807) is 24.3 Å². The van der Waals surface area contributed by atoms with Gasteiger partial charge in [0, 0.05) is 22.5 Å². The molecule has 0 unspecified atom stereocenters. The second-order valence-corrected chi connectivity index (χ2v) is 13.4. The van der Waals surface area contributed by atoms with Crippen LogP contribution in [0, 0.1) is 0 Å². The van der Waals surface area contributed by atoms with Crippen LogP contribution in [0.25, 0.3) is 11.1 Å². The van der Waals surface area contributed by atoms with Crippen molar-refractivity contribution in [1.29, 1.82) is 0 Å². The lowest BCUT2D eigenvalue weighted by Gasteiger charge is -2.34. The van der Waals surface area contributed by atoms with Crippen LogP contribution in [-0.4, -0.2) is 25.0 Å². The van der Waals surface area contributed by atoms with Crippen molar-refractivity contribution in [3.63, 3.8) is 0 Å². The first kappa shape index (κ1) is 35.3. The maximum absolute atomic E-state index is 13.3. The molecule has 0 bridgehead atoms. The molecule has 0 atom stereocenters. The molecule has 0 aliphatic heterocycles. The van der Waals surface area contributed by atoms with Gasteiger partial charge in [-0.15, -0.1) is 0 Å². The van der Waals surface area contributed by atoms with E-state index in [-0.39, 0.29) is 11.8 Å². The summed E-state index contributed by atoms with van der Waals surface area (Å²) in [7, 11) is 0. The number of anilines is 2. The Balaban J connectivity index is 1.19. The van der Waals surface area contributed by atoms with E-state index >= 15 is 0 Å². The van der Waals surface area contributed by atoms with Gasteiger partial charge in [-0.2, -0.15) is 0 Å². The van der Waals surface area contributed by atoms with Crippen LogP contribution in [0.1, 0.15) is 82.5 Å². The van der Waals surface area contributed by atoms with Crippen molar-refractivity contribution < 1.29 is 19.1 Å². The van der Waals surface area contributed by atoms with E-state index in [1.165, 1.54) is 22.3 Å². The number of carbonyl (C=O) groups is 2. The third-order valence-electron chi connectivity index (χ3n) is 9.83. The van der Waals surface area contributed by atoms with E-state index in [1.807, 2.05) is 48.5 Å². The smallest absolute Gasteiger partial charge is 0.255 e. The van der Waals surface area contributed by atoms with Crippen LogP contribution in [0.3, 0.4) is 0 Å². The molecule has 53 heavy (non-hydrogen) atoms. The number of hydrogen-bond acceptors (Lipinski definition) is 4. The summed E-state index contributed by atoms with van der Waals surface area (Å²) in [5.41, 5.74) is 8.69. The van der Waals surface area contributed by atoms with Gasteiger partial charge < -0.3 is 20.1 Å². The first-order valence-corrected chi connectivity index (χ1v) is 18.5. The van der Waals surface area contributed by atoms with Crippen molar-refractivity contribution in [3.05, 3.63) is 179 Å². The average molecular weight is 701 g/mol. The van der Waals surface area contributed by atoms with Gasteiger partial charge in [-0.05, 0) is 107 Å². The molecule has 266 valence electrons. The van der Waals surface area contributed by atoms with Crippen molar-refractivity contribution in [3.8, 4) is 22.6 Å². The number of fused-ring (bicyclic) bond motifs is 3. The number of carbonyl (C=O) groups excluding carboxylic acids is 2. The van der Waals surface area contributed by atoms with Crippen LogP contribution in [0.2, 0.25) is 0 Å². The normalized spacial score (nSPS) is 12.3. The summed E-state index contributed by atoms with van der Waals surface area (Å²) in [6.07, 6.45) is 4.02. The number of amides is 2. The number of rotatable bonds is 14. The average Bonchev–Trinajstić information content (AvgIpc) is 3.50. The Kier molecular flexibility index (Phi) is 10.7. The topological polar surface area (TPSA) is 76.7 Å². The maximum atomic E-state index is 13.3. The van der Waals surface area contributed by atoms with Gasteiger partial charge >= 0.3 is 0 Å². The summed E-state index contributed by atoms with van der Waals surface area (Å²) in [5, 5.41) is 6.15. The third kappa shape index (κ3) is 7.31. The Morgan fingerprint density at radius 2 is 0.925 bits per heavy atom. The highest BCUT2D eigenvalue weighted by atomic mass is 16.5. The zero-order chi connectivity index (χ0) is 36.6. The van der Waals surface area contributed by atoms with Crippen molar-refractivity contribution in [2.24, 2.45) is 0 Å². The fourth-order valence-corrected chi connectivity index (χ4v) is 7.16. The zero-order valence-electron chi connectivity index (χ0n) is 30.2. The molecule has 6 heteroatoms. The number of unbranched alkanes of at least 4 members (excludes halogenated alkanes) is 2. The molecule has 0 spiro atoms. The first-order chi connectivity index (χ1) is 26.0. The molecule has 6 nitrogen and oxygen atoms in total. The Morgan fingerprint density at radius 3 is 1.34 bits per heavy atom. The summed E-state index contributed by atoms with van der Waals surface area (Å²) in [4.78, 5) is 26.6. The number of ether oxygens (including phenoxy) is 2. The first-order valence-electron chi connectivity index (χ1n) is 18.5. The Hall–Kier alpha value is -6.14. The van der Waals surface area contributed by atoms with E-state index in [0.717, 1.165) is 36.8 Å². The predicted octanol–water partition coefficient (Wildman–Crippen LogP) is 10.9. The predicted molar refractivity (Wildman–Crippen MR) is 213 cm³/mol. The van der Waals surface area contributed by atoms with E-state index < -0.39 is 5.41 Å². The van der Waals surface area contributed by atoms with Gasteiger partial charge in [0.25, 0.3) is 11.8 Å². The van der Waals surface area contributed by atoms with E-state index in [2.05, 4.69) is 97.3 Å². The minimum Gasteiger partial charge on any atom is -0.494 e. The molecule has 6 aromatic rings. The Bertz CT molecular complexity index is 2050. The minimum atomic E-state index is -0.632. The SMILES string of the molecule is CCCCOc1cccc(C(=O)Nc2ccc(C3(c4ccc(NC(=O)c5cccc(OCCCC)c5)cc4)c4ccccc4-c4ccccc43)cc2)c1. The Morgan fingerprint density at radius 1 is 0.509 bits per heavy atom. The summed E-state index contributed by atoms with van der Waals surface area (Å²) >= 11 is 0. The van der Waals surface area contributed by atoms with Gasteiger partial charge in [0.1, 0.15) is 11.5 Å². The lowest BCUT2D eigenvalue weighted by atomic mass is 9.67. The van der Waals surface area contributed by atoms with E-state index in [9.17, 15) is 9.59 Å². The van der Waals surface area contributed by atoms with E-state index in [0.29, 0.717) is 47.2 Å². The zero-order valence-corrected chi connectivity index (χ0v) is 30.2. The van der Waals surface area contributed by atoms with Crippen molar-refractivity contribution in [2.75, 3.05) is 23.8 Å². The van der Waals surface area contributed by atoms with Gasteiger partial charge in [0.15, 0.2) is 0 Å². The minimum absolute atomic E-state index is 0.196. The van der Waals surface area contributed by atoms with Crippen molar-refractivity contribution >= 4 is 23.2 Å². The van der Waals surface area contributed by atoms with Gasteiger partial charge in [-0.1, -0.05) is 112 Å². The highest BCUT2D eigenvalue weighted by molar-refractivity contribution is 6.05. The molecule has 0 heterocycles. The molecule has 7 rings (SSSR count). The molecule has 0 saturated heterocycles. The second-order valence-electron chi connectivity index (χ2n) is 13.4. The lowest BCUT2D eigenvalue weighted by molar-refractivity contribution is 0.101. The fraction of sp³-hybridized carbons (Fsp3) is 0.191. The van der Waals surface area contributed by atoms with Crippen LogP contribution < -0.4 is 20.1 Å². The Labute approximate surface area is 311 Å². The molecule has 0 aromatic heterocycles. The molecule has 1 aliphatic rings. The van der Waals surface area contributed by atoms with Gasteiger partial charge in [-0.25, -0.2) is 0 Å². The standard InChI is InChI=1S/C47H44N2O4/c1-3-5-29-52-39-15-11-13-33(31-39)45(50)48-37-25-21-35(22-26-37)47(43-19-9-7-17-41(43)42-18-8-10-20-44(42)47)36-23-27-38(28-24-36)49-46(51)34-14-12-16-40(32-34)53-30-6-4-2/h7-28,31-32H,3-6,29-30H2,1-2H3,(H,48,50)(H,49,51). The quantitative estimate of drug-likeness (QED) is 0.111. The monoisotopic (exact) mass is 700 g/mol. The lowest BCUT2D eigenvalue weighted by Crippen LogP contribution is -2.28. The molecule has 6 aromatic carbocycles.